The molecular weight excluding hydrogens is 412 g/mol. The molecule has 0 heterocycles. The number of nitrogens with zero attached hydrogens (tertiary/aromatic N) is 1. The second-order valence-electron chi connectivity index (χ2n) is 11.0. The average Bonchev–Trinajstić information content (AvgIpc) is 3.18. The number of nitrogens with one attached hydrogen (secondary N) is 1. The van der Waals surface area contributed by atoms with Crippen LogP contribution >= 0.6 is 0 Å². The van der Waals surface area contributed by atoms with E-state index in [9.17, 15) is 0 Å². The summed E-state index contributed by atoms with van der Waals surface area (Å²) in [5.41, 5.74) is 16.1. The van der Waals surface area contributed by atoms with Crippen molar-refractivity contribution in [1.29, 1.82) is 0 Å². The number of rotatable bonds is 6. The number of aryl methyl sites for hydroxylation is 1. The number of hydrogen-bond acceptors (Lipinski definition) is 2. The third-order valence-electron chi connectivity index (χ3n) is 9.06. The second kappa shape index (κ2) is 8.66. The lowest BCUT2D eigenvalue weighted by atomic mass is 9.57. The van der Waals surface area contributed by atoms with Crippen LogP contribution in [-0.4, -0.2) is 38.6 Å². The Labute approximate surface area is 206 Å². The lowest BCUT2D eigenvalue weighted by Gasteiger charge is -2.50. The van der Waals surface area contributed by atoms with Crippen molar-refractivity contribution in [2.75, 3.05) is 27.7 Å². The van der Waals surface area contributed by atoms with E-state index in [1.165, 1.54) is 51.0 Å². The van der Waals surface area contributed by atoms with Crippen LogP contribution in [0.1, 0.15) is 42.0 Å². The van der Waals surface area contributed by atoms with Crippen LogP contribution in [0.25, 0.3) is 5.57 Å². The Kier molecular flexibility index (Phi) is 5.94. The van der Waals surface area contributed by atoms with E-state index in [4.69, 9.17) is 6.58 Å². The third kappa shape index (κ3) is 3.22. The highest BCUT2D eigenvalue weighted by molar-refractivity contribution is 5.86. The molecule has 4 atom stereocenters. The molecule has 0 amide bonds. The van der Waals surface area contributed by atoms with Gasteiger partial charge in [-0.2, -0.15) is 0 Å². The normalized spacial score (nSPS) is 27.8. The predicted molar refractivity (Wildman–Crippen MR) is 146 cm³/mol. The van der Waals surface area contributed by atoms with Gasteiger partial charge < -0.3 is 10.2 Å². The van der Waals surface area contributed by atoms with E-state index in [0.717, 1.165) is 25.8 Å². The van der Waals surface area contributed by atoms with Crippen LogP contribution in [0.15, 0.2) is 77.5 Å². The number of likely N-dealkylation sites (N-methyl/N-ethyl adjacent to an activating group) is 2. The van der Waals surface area contributed by atoms with E-state index in [1.54, 1.807) is 16.7 Å². The molecule has 0 saturated carbocycles. The van der Waals surface area contributed by atoms with E-state index in [1.807, 2.05) is 7.05 Å². The highest BCUT2D eigenvalue weighted by atomic mass is 15.1. The maximum Gasteiger partial charge on any atom is 0.0345 e. The molecule has 178 valence electrons. The molecular formula is C32H40N2. The molecule has 2 nitrogen and oxygen atoms in total. The van der Waals surface area contributed by atoms with Crippen molar-refractivity contribution in [2.45, 2.75) is 45.6 Å². The molecule has 1 N–H and O–H groups in total. The van der Waals surface area contributed by atoms with Crippen molar-refractivity contribution in [3.8, 4) is 0 Å². The fraction of sp³-hybridized carbons (Fsp3) is 0.438. The van der Waals surface area contributed by atoms with Crippen molar-refractivity contribution < 1.29 is 0 Å². The summed E-state index contributed by atoms with van der Waals surface area (Å²) >= 11 is 0. The number of allylic oxidation sites excluding steroid dienone is 8. The van der Waals surface area contributed by atoms with Crippen molar-refractivity contribution in [2.24, 2.45) is 17.8 Å². The molecule has 2 heteroatoms. The molecule has 1 aromatic rings. The minimum Gasteiger partial charge on any atom is -0.319 e. The molecule has 0 bridgehead atoms. The first-order valence-corrected chi connectivity index (χ1v) is 12.9. The lowest BCUT2D eigenvalue weighted by molar-refractivity contribution is 0.169. The topological polar surface area (TPSA) is 15.3 Å². The van der Waals surface area contributed by atoms with Gasteiger partial charge in [0.2, 0.25) is 0 Å². The molecule has 34 heavy (non-hydrogen) atoms. The SMILES string of the molecule is C=CC1=C2C(C=C)=C(C)C(N(C)C)C3CC4Cc5c(CCNC)ccc(C)c5C(=C)C4=C(C1)C23. The summed E-state index contributed by atoms with van der Waals surface area (Å²) < 4.78 is 0. The van der Waals surface area contributed by atoms with Gasteiger partial charge in [-0.05, 0) is 135 Å². The number of hydrogen-bond donors (Lipinski definition) is 1. The van der Waals surface area contributed by atoms with Crippen LogP contribution in [0, 0.1) is 24.7 Å². The van der Waals surface area contributed by atoms with E-state index < -0.39 is 0 Å². The molecule has 5 rings (SSSR count). The van der Waals surface area contributed by atoms with Crippen LogP contribution in [0.5, 0.6) is 0 Å². The summed E-state index contributed by atoms with van der Waals surface area (Å²) in [5, 5.41) is 3.34. The van der Waals surface area contributed by atoms with Crippen LogP contribution in [0.4, 0.5) is 0 Å². The van der Waals surface area contributed by atoms with Gasteiger partial charge in [0, 0.05) is 12.0 Å². The van der Waals surface area contributed by atoms with Gasteiger partial charge in [-0.1, -0.05) is 49.6 Å². The molecule has 4 aliphatic carbocycles. The monoisotopic (exact) mass is 452 g/mol. The van der Waals surface area contributed by atoms with Crippen LogP contribution in [0.2, 0.25) is 0 Å². The highest BCUT2D eigenvalue weighted by Gasteiger charge is 2.51. The Balaban J connectivity index is 1.71. The van der Waals surface area contributed by atoms with Crippen LogP contribution in [-0.2, 0) is 12.8 Å². The first-order valence-electron chi connectivity index (χ1n) is 12.9. The van der Waals surface area contributed by atoms with Gasteiger partial charge in [0.25, 0.3) is 0 Å². The minimum absolute atomic E-state index is 0.443. The first kappa shape index (κ1) is 23.3. The summed E-state index contributed by atoms with van der Waals surface area (Å²) in [7, 11) is 6.55. The van der Waals surface area contributed by atoms with Gasteiger partial charge in [-0.3, -0.25) is 0 Å². The molecule has 1 aromatic carbocycles. The zero-order valence-electron chi connectivity index (χ0n) is 21.7. The smallest absolute Gasteiger partial charge is 0.0345 e. The molecule has 4 aliphatic rings. The summed E-state index contributed by atoms with van der Waals surface area (Å²) in [6, 6.07) is 5.11. The maximum absolute atomic E-state index is 4.78. The maximum atomic E-state index is 4.78. The third-order valence-corrected chi connectivity index (χ3v) is 9.06. The zero-order valence-corrected chi connectivity index (χ0v) is 21.7. The quantitative estimate of drug-likeness (QED) is 0.552. The van der Waals surface area contributed by atoms with E-state index in [-0.39, 0.29) is 0 Å². The van der Waals surface area contributed by atoms with Crippen molar-refractivity contribution in [3.63, 3.8) is 0 Å². The molecule has 0 aliphatic heterocycles. The number of benzene rings is 1. The molecule has 4 unspecified atom stereocenters. The Hall–Kier alpha value is -2.42. The molecule has 0 saturated heterocycles. The Morgan fingerprint density at radius 1 is 1.12 bits per heavy atom. The second-order valence-corrected chi connectivity index (χ2v) is 11.0. The summed E-state index contributed by atoms with van der Waals surface area (Å²) in [6.07, 6.45) is 8.68. The fourth-order valence-corrected chi connectivity index (χ4v) is 7.89. The molecule has 0 fully saturated rings. The molecule has 0 aromatic heterocycles. The van der Waals surface area contributed by atoms with E-state index >= 15 is 0 Å². The van der Waals surface area contributed by atoms with Gasteiger partial charge >= 0.3 is 0 Å². The van der Waals surface area contributed by atoms with E-state index in [2.05, 4.69) is 75.6 Å². The summed E-state index contributed by atoms with van der Waals surface area (Å²) in [6.45, 7) is 18.9. The van der Waals surface area contributed by atoms with E-state index in [0.29, 0.717) is 23.8 Å². The summed E-state index contributed by atoms with van der Waals surface area (Å²) in [5.74, 6) is 1.61. The van der Waals surface area contributed by atoms with Gasteiger partial charge in [0.05, 0.1) is 0 Å². The van der Waals surface area contributed by atoms with Crippen LogP contribution in [0.3, 0.4) is 0 Å². The van der Waals surface area contributed by atoms with Crippen molar-refractivity contribution >= 4 is 5.57 Å². The highest BCUT2D eigenvalue weighted by Crippen LogP contribution is 2.61. The van der Waals surface area contributed by atoms with Gasteiger partial charge in [-0.25, -0.2) is 0 Å². The Morgan fingerprint density at radius 2 is 1.88 bits per heavy atom. The van der Waals surface area contributed by atoms with Gasteiger partial charge in [0.15, 0.2) is 0 Å². The number of fused-ring (bicyclic) bond motifs is 2. The van der Waals surface area contributed by atoms with Gasteiger partial charge in [-0.15, -0.1) is 0 Å². The van der Waals surface area contributed by atoms with Crippen LogP contribution < -0.4 is 5.32 Å². The molecule has 0 radical (unpaired) electrons. The largest absolute Gasteiger partial charge is 0.319 e. The van der Waals surface area contributed by atoms with Crippen molar-refractivity contribution in [1.82, 2.24) is 10.2 Å². The summed E-state index contributed by atoms with van der Waals surface area (Å²) in [4.78, 5) is 2.45. The van der Waals surface area contributed by atoms with Gasteiger partial charge in [0.1, 0.15) is 0 Å². The zero-order chi connectivity index (χ0) is 24.3. The fourth-order valence-electron chi connectivity index (χ4n) is 7.89. The Morgan fingerprint density at radius 3 is 2.53 bits per heavy atom. The first-order chi connectivity index (χ1) is 16.3. The standard InChI is InChI=1S/C32H40N2/c1-9-21-15-26-29-20(5)28-18(3)11-12-22(13-14-33-6)25(28)16-23(29)17-27-31(26)30(21)24(10-2)19(4)32(27)34(7)8/h9-12,23,27,31-33H,1-2,5,13-17H2,3-4,6-8H3. The van der Waals surface area contributed by atoms with Crippen molar-refractivity contribution in [3.05, 3.63) is 99.7 Å². The average molecular weight is 453 g/mol. The predicted octanol–water partition coefficient (Wildman–Crippen LogP) is 6.21. The lowest BCUT2D eigenvalue weighted by Crippen LogP contribution is -2.47. The molecule has 0 spiro atoms. The minimum atomic E-state index is 0.443. The Bertz CT molecular complexity index is 1190.